The van der Waals surface area contributed by atoms with Crippen LogP contribution in [0.1, 0.15) is 30.9 Å². The molecule has 0 saturated carbocycles. The van der Waals surface area contributed by atoms with Gasteiger partial charge in [-0.15, -0.1) is 10.2 Å². The molecule has 9 heteroatoms. The van der Waals surface area contributed by atoms with Crippen molar-refractivity contribution in [3.63, 3.8) is 0 Å². The number of anilines is 1. The van der Waals surface area contributed by atoms with E-state index >= 15 is 0 Å². The predicted octanol–water partition coefficient (Wildman–Crippen LogP) is 2.37. The number of benzene rings is 1. The maximum absolute atomic E-state index is 13.4. The zero-order valence-electron chi connectivity index (χ0n) is 15.2. The van der Waals surface area contributed by atoms with Gasteiger partial charge in [-0.05, 0) is 25.0 Å². The number of rotatable bonds is 4. The minimum atomic E-state index is -0.586. The minimum absolute atomic E-state index is 0.175. The Hall–Kier alpha value is -2.55. The van der Waals surface area contributed by atoms with E-state index in [2.05, 4.69) is 19.7 Å². The number of aryl methyl sites for hydroxylation is 1. The molecule has 144 valence electrons. The maximum atomic E-state index is 13.4. The Kier molecular flexibility index (Phi) is 5.02. The Bertz CT molecular complexity index is 831. The van der Waals surface area contributed by atoms with Crippen LogP contribution in [0, 0.1) is 15.9 Å². The van der Waals surface area contributed by atoms with E-state index in [0.29, 0.717) is 18.8 Å². The second-order valence-corrected chi connectivity index (χ2v) is 7.15. The molecule has 1 aromatic heterocycles. The third-order valence-electron chi connectivity index (χ3n) is 5.40. The molecule has 8 nitrogen and oxygen atoms in total. The van der Waals surface area contributed by atoms with Gasteiger partial charge in [-0.1, -0.05) is 6.42 Å². The molecule has 2 aromatic rings. The van der Waals surface area contributed by atoms with Crippen molar-refractivity contribution < 1.29 is 9.31 Å². The van der Waals surface area contributed by atoms with E-state index in [-0.39, 0.29) is 5.69 Å². The summed E-state index contributed by atoms with van der Waals surface area (Å²) in [6.07, 6.45) is 4.57. The van der Waals surface area contributed by atoms with Gasteiger partial charge in [0.25, 0.3) is 5.69 Å². The molecule has 0 N–H and O–H groups in total. The van der Waals surface area contributed by atoms with E-state index in [1.54, 1.807) is 0 Å². The number of nitro groups is 1. The number of hydrogen-bond donors (Lipinski definition) is 0. The molecule has 0 radical (unpaired) electrons. The summed E-state index contributed by atoms with van der Waals surface area (Å²) in [5.41, 5.74) is 0.309. The number of hydrogen-bond acceptors (Lipinski definition) is 6. The van der Waals surface area contributed by atoms with E-state index in [9.17, 15) is 14.5 Å². The van der Waals surface area contributed by atoms with Crippen LogP contribution in [0.5, 0.6) is 0 Å². The van der Waals surface area contributed by atoms with Crippen molar-refractivity contribution in [2.75, 3.05) is 31.1 Å². The van der Waals surface area contributed by atoms with Crippen LogP contribution in [0.3, 0.4) is 0 Å². The fourth-order valence-electron chi connectivity index (χ4n) is 3.92. The third kappa shape index (κ3) is 3.78. The summed E-state index contributed by atoms with van der Waals surface area (Å²) >= 11 is 0. The fourth-order valence-corrected chi connectivity index (χ4v) is 3.92. The van der Waals surface area contributed by atoms with Crippen LogP contribution in [-0.2, 0) is 19.5 Å². The summed E-state index contributed by atoms with van der Waals surface area (Å²) in [5.74, 6) is 1.51. The Balaban J connectivity index is 1.42. The van der Waals surface area contributed by atoms with Crippen LogP contribution in [0.4, 0.5) is 15.8 Å². The molecule has 2 aliphatic heterocycles. The molecule has 1 aromatic carbocycles. The standard InChI is InChI=1S/C18H23FN6O2/c19-14-5-6-15(16(12-14)25(26)27)23-10-8-22(9-11-23)13-18-21-20-17-4-2-1-3-7-24(17)18/h5-6,12H,1-4,7-11,13H2. The largest absolute Gasteiger partial charge is 0.363 e. The summed E-state index contributed by atoms with van der Waals surface area (Å²) in [7, 11) is 0. The van der Waals surface area contributed by atoms with Gasteiger partial charge in [-0.2, -0.15) is 0 Å². The first-order valence-corrected chi connectivity index (χ1v) is 9.44. The molecule has 0 spiro atoms. The molecule has 2 aliphatic rings. The van der Waals surface area contributed by atoms with Gasteiger partial charge in [0.05, 0.1) is 17.5 Å². The van der Waals surface area contributed by atoms with E-state index in [0.717, 1.165) is 50.3 Å². The van der Waals surface area contributed by atoms with Crippen molar-refractivity contribution in [2.24, 2.45) is 0 Å². The van der Waals surface area contributed by atoms with Gasteiger partial charge in [0.2, 0.25) is 0 Å². The lowest BCUT2D eigenvalue weighted by Crippen LogP contribution is -2.46. The second-order valence-electron chi connectivity index (χ2n) is 7.15. The summed E-state index contributed by atoms with van der Waals surface area (Å²) in [4.78, 5) is 15.0. The molecule has 3 heterocycles. The second kappa shape index (κ2) is 7.59. The van der Waals surface area contributed by atoms with Gasteiger partial charge >= 0.3 is 0 Å². The zero-order chi connectivity index (χ0) is 18.8. The van der Waals surface area contributed by atoms with E-state index in [4.69, 9.17) is 0 Å². The highest BCUT2D eigenvalue weighted by Gasteiger charge is 2.25. The average Bonchev–Trinajstić information content (AvgIpc) is 2.89. The highest BCUT2D eigenvalue weighted by Crippen LogP contribution is 2.29. The number of nitro benzene ring substituents is 1. The molecule has 1 fully saturated rings. The summed E-state index contributed by atoms with van der Waals surface area (Å²) < 4.78 is 15.6. The van der Waals surface area contributed by atoms with Crippen LogP contribution in [-0.4, -0.2) is 50.8 Å². The first-order valence-electron chi connectivity index (χ1n) is 9.44. The first-order chi connectivity index (χ1) is 13.1. The molecule has 0 atom stereocenters. The molecule has 0 amide bonds. The Morgan fingerprint density at radius 3 is 2.67 bits per heavy atom. The van der Waals surface area contributed by atoms with Crippen LogP contribution in [0.25, 0.3) is 0 Å². The van der Waals surface area contributed by atoms with Crippen molar-refractivity contribution in [1.82, 2.24) is 19.7 Å². The van der Waals surface area contributed by atoms with Crippen molar-refractivity contribution >= 4 is 11.4 Å². The van der Waals surface area contributed by atoms with Crippen molar-refractivity contribution in [2.45, 2.75) is 38.8 Å². The van der Waals surface area contributed by atoms with Gasteiger partial charge in [0.1, 0.15) is 23.2 Å². The maximum Gasteiger partial charge on any atom is 0.295 e. The van der Waals surface area contributed by atoms with Gasteiger partial charge in [0, 0.05) is 39.1 Å². The summed E-state index contributed by atoms with van der Waals surface area (Å²) in [5, 5.41) is 20.0. The van der Waals surface area contributed by atoms with E-state index in [1.807, 2.05) is 4.90 Å². The molecule has 0 bridgehead atoms. The number of nitrogens with zero attached hydrogens (tertiary/aromatic N) is 6. The van der Waals surface area contributed by atoms with Crippen LogP contribution in [0.2, 0.25) is 0 Å². The molecule has 27 heavy (non-hydrogen) atoms. The monoisotopic (exact) mass is 374 g/mol. The Morgan fingerprint density at radius 2 is 1.89 bits per heavy atom. The molecular formula is C18H23FN6O2. The number of fused-ring (bicyclic) bond motifs is 1. The highest BCUT2D eigenvalue weighted by atomic mass is 19.1. The van der Waals surface area contributed by atoms with Crippen molar-refractivity contribution in [3.05, 3.63) is 45.8 Å². The fraction of sp³-hybridized carbons (Fsp3) is 0.556. The molecule has 1 saturated heterocycles. The molecular weight excluding hydrogens is 351 g/mol. The zero-order valence-corrected chi connectivity index (χ0v) is 15.2. The lowest BCUT2D eigenvalue weighted by atomic mass is 10.2. The van der Waals surface area contributed by atoms with E-state index in [1.165, 1.54) is 31.4 Å². The molecule has 4 rings (SSSR count). The Labute approximate surface area is 156 Å². The topological polar surface area (TPSA) is 80.3 Å². The summed E-state index contributed by atoms with van der Waals surface area (Å²) in [6.45, 7) is 4.60. The quantitative estimate of drug-likeness (QED) is 0.604. The van der Waals surface area contributed by atoms with Gasteiger partial charge in [-0.25, -0.2) is 4.39 Å². The normalized spacial score (nSPS) is 18.2. The van der Waals surface area contributed by atoms with Crippen molar-refractivity contribution in [1.29, 1.82) is 0 Å². The van der Waals surface area contributed by atoms with Crippen LogP contribution in [0.15, 0.2) is 18.2 Å². The lowest BCUT2D eigenvalue weighted by molar-refractivity contribution is -0.384. The number of aromatic nitrogens is 3. The average molecular weight is 374 g/mol. The highest BCUT2D eigenvalue weighted by molar-refractivity contribution is 5.63. The van der Waals surface area contributed by atoms with Gasteiger partial charge in [-0.3, -0.25) is 15.0 Å². The number of piperazine rings is 1. The summed E-state index contributed by atoms with van der Waals surface area (Å²) in [6, 6.07) is 3.77. The molecule has 0 unspecified atom stereocenters. The minimum Gasteiger partial charge on any atom is -0.363 e. The lowest BCUT2D eigenvalue weighted by Gasteiger charge is -2.35. The third-order valence-corrected chi connectivity index (χ3v) is 5.40. The number of halogens is 1. The van der Waals surface area contributed by atoms with Gasteiger partial charge in [0.15, 0.2) is 0 Å². The van der Waals surface area contributed by atoms with E-state index < -0.39 is 10.7 Å². The SMILES string of the molecule is O=[N+]([O-])c1cc(F)ccc1N1CCN(Cc2nnc3n2CCCCC3)CC1. The predicted molar refractivity (Wildman–Crippen MR) is 98.1 cm³/mol. The van der Waals surface area contributed by atoms with Crippen LogP contribution < -0.4 is 4.90 Å². The van der Waals surface area contributed by atoms with Crippen LogP contribution >= 0.6 is 0 Å². The first kappa shape index (κ1) is 17.8. The van der Waals surface area contributed by atoms with Crippen molar-refractivity contribution in [3.8, 4) is 0 Å². The molecule has 0 aliphatic carbocycles. The van der Waals surface area contributed by atoms with Gasteiger partial charge < -0.3 is 9.47 Å². The smallest absolute Gasteiger partial charge is 0.295 e. The Morgan fingerprint density at radius 1 is 1.07 bits per heavy atom.